The molecule has 4 bridgehead atoms. The minimum atomic E-state index is -0.521. The van der Waals surface area contributed by atoms with E-state index < -0.39 is 6.03 Å². The number of nitrogens with zero attached hydrogens (tertiary/aromatic N) is 2. The number of carbonyl (C=O) groups excluding carboxylic acids is 3. The van der Waals surface area contributed by atoms with E-state index in [1.807, 2.05) is 28.0 Å². The van der Waals surface area contributed by atoms with Crippen molar-refractivity contribution in [2.45, 2.75) is 38.5 Å². The molecule has 7 nitrogen and oxygen atoms in total. The molecular formula is C24H32N4O3. The fourth-order valence-electron chi connectivity index (χ4n) is 6.87. The first-order valence-electron chi connectivity index (χ1n) is 11.7. The monoisotopic (exact) mass is 424 g/mol. The largest absolute Gasteiger partial charge is 0.340 e. The Hall–Kier alpha value is -2.41. The van der Waals surface area contributed by atoms with Crippen molar-refractivity contribution in [2.24, 2.45) is 23.2 Å². The maximum absolute atomic E-state index is 13.5. The van der Waals surface area contributed by atoms with Crippen LogP contribution in [-0.4, -0.2) is 60.4 Å². The van der Waals surface area contributed by atoms with Gasteiger partial charge in [-0.1, -0.05) is 18.2 Å². The molecule has 7 heteroatoms. The van der Waals surface area contributed by atoms with E-state index in [1.54, 1.807) is 12.1 Å². The van der Waals surface area contributed by atoms with Crippen molar-refractivity contribution in [3.05, 3.63) is 30.3 Å². The van der Waals surface area contributed by atoms with Crippen LogP contribution in [-0.2, 0) is 9.59 Å². The van der Waals surface area contributed by atoms with Crippen LogP contribution in [0, 0.1) is 23.2 Å². The van der Waals surface area contributed by atoms with E-state index in [9.17, 15) is 14.4 Å². The molecule has 2 N–H and O–H groups in total. The summed E-state index contributed by atoms with van der Waals surface area (Å²) in [5.74, 6) is 2.35. The molecule has 1 heterocycles. The highest BCUT2D eigenvalue weighted by Crippen LogP contribution is 2.60. The molecule has 1 aromatic rings. The van der Waals surface area contributed by atoms with E-state index in [0.717, 1.165) is 37.0 Å². The summed E-state index contributed by atoms with van der Waals surface area (Å²) >= 11 is 0. The molecule has 5 fully saturated rings. The van der Waals surface area contributed by atoms with Crippen molar-refractivity contribution in [3.63, 3.8) is 0 Å². The normalized spacial score (nSPS) is 32.0. The standard InChI is InChI=1S/C24H32N4O3/c29-21(26-23(31)25-20-4-2-1-3-5-20)16-27-6-8-28(9-7-27)22(30)24-13-17-10-18(14-24)12-19(11-17)15-24/h1-5,17-19H,6-16H2,(H2,25,26,29,31). The summed E-state index contributed by atoms with van der Waals surface area (Å²) in [5.41, 5.74) is 0.550. The Morgan fingerprint density at radius 2 is 1.45 bits per heavy atom. The zero-order valence-electron chi connectivity index (χ0n) is 18.0. The van der Waals surface area contributed by atoms with Gasteiger partial charge in [-0.15, -0.1) is 0 Å². The summed E-state index contributed by atoms with van der Waals surface area (Å²) in [6.45, 7) is 2.85. The first kappa shape index (κ1) is 20.5. The van der Waals surface area contributed by atoms with E-state index in [0.29, 0.717) is 37.8 Å². The molecule has 166 valence electrons. The molecule has 0 spiro atoms. The van der Waals surface area contributed by atoms with Gasteiger partial charge in [0.15, 0.2) is 0 Å². The maximum atomic E-state index is 13.5. The molecule has 0 atom stereocenters. The summed E-state index contributed by atoms with van der Waals surface area (Å²) in [6.07, 6.45) is 7.30. The summed E-state index contributed by atoms with van der Waals surface area (Å²) in [7, 11) is 0. The number of piperazine rings is 1. The van der Waals surface area contributed by atoms with Gasteiger partial charge in [-0.2, -0.15) is 0 Å². The van der Waals surface area contributed by atoms with Crippen LogP contribution in [0.25, 0.3) is 0 Å². The topological polar surface area (TPSA) is 81.8 Å². The highest BCUT2D eigenvalue weighted by atomic mass is 16.2. The second kappa shape index (κ2) is 8.26. The van der Waals surface area contributed by atoms with Crippen LogP contribution < -0.4 is 10.6 Å². The zero-order valence-corrected chi connectivity index (χ0v) is 18.0. The van der Waals surface area contributed by atoms with Gasteiger partial charge in [0, 0.05) is 31.9 Å². The van der Waals surface area contributed by atoms with Gasteiger partial charge in [0.25, 0.3) is 0 Å². The lowest BCUT2D eigenvalue weighted by Crippen LogP contribution is -2.58. The minimum Gasteiger partial charge on any atom is -0.340 e. The summed E-state index contributed by atoms with van der Waals surface area (Å²) in [5, 5.41) is 5.04. The second-order valence-electron chi connectivity index (χ2n) is 10.1. The number of urea groups is 1. The van der Waals surface area contributed by atoms with E-state index >= 15 is 0 Å². The van der Waals surface area contributed by atoms with E-state index in [2.05, 4.69) is 10.6 Å². The fraction of sp³-hybridized carbons (Fsp3) is 0.625. The third kappa shape index (κ3) is 4.33. The molecule has 1 aromatic carbocycles. The minimum absolute atomic E-state index is 0.0934. The summed E-state index contributed by atoms with van der Waals surface area (Å²) < 4.78 is 0. The van der Waals surface area contributed by atoms with Crippen molar-refractivity contribution < 1.29 is 14.4 Å². The fourth-order valence-corrected chi connectivity index (χ4v) is 6.87. The van der Waals surface area contributed by atoms with Gasteiger partial charge in [-0.3, -0.25) is 19.8 Å². The predicted molar refractivity (Wildman–Crippen MR) is 117 cm³/mol. The van der Waals surface area contributed by atoms with Gasteiger partial charge in [0.1, 0.15) is 0 Å². The number of imide groups is 1. The van der Waals surface area contributed by atoms with Crippen LogP contribution in [0.2, 0.25) is 0 Å². The third-order valence-electron chi connectivity index (χ3n) is 7.80. The van der Waals surface area contributed by atoms with Crippen molar-refractivity contribution in [3.8, 4) is 0 Å². The molecule has 5 aliphatic rings. The number of para-hydroxylation sites is 1. The summed E-state index contributed by atoms with van der Waals surface area (Å²) in [6, 6.07) is 8.52. The quantitative estimate of drug-likeness (QED) is 0.779. The highest BCUT2D eigenvalue weighted by molar-refractivity contribution is 6.01. The number of anilines is 1. The van der Waals surface area contributed by atoms with Crippen LogP contribution in [0.3, 0.4) is 0 Å². The molecule has 4 saturated carbocycles. The first-order valence-corrected chi connectivity index (χ1v) is 11.7. The van der Waals surface area contributed by atoms with Gasteiger partial charge >= 0.3 is 6.03 Å². The SMILES string of the molecule is O=C(CN1CCN(C(=O)C23CC4CC(CC(C4)C2)C3)CC1)NC(=O)Nc1ccccc1. The predicted octanol–water partition coefficient (Wildman–Crippen LogP) is 2.70. The van der Waals surface area contributed by atoms with E-state index in [-0.39, 0.29) is 17.9 Å². The van der Waals surface area contributed by atoms with Gasteiger partial charge in [0.05, 0.1) is 12.0 Å². The number of nitrogens with one attached hydrogen (secondary N) is 2. The van der Waals surface area contributed by atoms with Crippen molar-refractivity contribution in [2.75, 3.05) is 38.0 Å². The molecule has 6 rings (SSSR count). The van der Waals surface area contributed by atoms with Crippen LogP contribution in [0.1, 0.15) is 38.5 Å². The molecular weight excluding hydrogens is 392 g/mol. The second-order valence-corrected chi connectivity index (χ2v) is 10.1. The lowest BCUT2D eigenvalue weighted by atomic mass is 9.49. The first-order chi connectivity index (χ1) is 15.0. The lowest BCUT2D eigenvalue weighted by molar-refractivity contribution is -0.159. The zero-order chi connectivity index (χ0) is 21.4. The Morgan fingerprint density at radius 1 is 0.871 bits per heavy atom. The number of hydrogen-bond donors (Lipinski definition) is 2. The molecule has 0 unspecified atom stereocenters. The van der Waals surface area contributed by atoms with Gasteiger partial charge < -0.3 is 10.2 Å². The van der Waals surface area contributed by atoms with Gasteiger partial charge in [0.2, 0.25) is 11.8 Å². The molecule has 0 aromatic heterocycles. The van der Waals surface area contributed by atoms with E-state index in [4.69, 9.17) is 0 Å². The molecule has 31 heavy (non-hydrogen) atoms. The lowest BCUT2D eigenvalue weighted by Gasteiger charge is -2.57. The maximum Gasteiger partial charge on any atom is 0.325 e. The number of benzene rings is 1. The van der Waals surface area contributed by atoms with Crippen LogP contribution in [0.4, 0.5) is 10.5 Å². The van der Waals surface area contributed by atoms with Crippen LogP contribution in [0.15, 0.2) is 30.3 Å². The Labute approximate surface area is 183 Å². The van der Waals surface area contributed by atoms with Crippen LogP contribution in [0.5, 0.6) is 0 Å². The number of amides is 4. The molecule has 1 saturated heterocycles. The van der Waals surface area contributed by atoms with E-state index in [1.165, 1.54) is 19.3 Å². The smallest absolute Gasteiger partial charge is 0.325 e. The Morgan fingerprint density at radius 3 is 2.03 bits per heavy atom. The molecule has 0 radical (unpaired) electrons. The van der Waals surface area contributed by atoms with Crippen molar-refractivity contribution in [1.29, 1.82) is 0 Å². The van der Waals surface area contributed by atoms with Gasteiger partial charge in [-0.25, -0.2) is 4.79 Å². The molecule has 4 aliphatic carbocycles. The number of rotatable bonds is 4. The Balaban J connectivity index is 1.09. The third-order valence-corrected chi connectivity index (χ3v) is 7.80. The Kier molecular flexibility index (Phi) is 5.46. The molecule has 1 aliphatic heterocycles. The highest BCUT2D eigenvalue weighted by Gasteiger charge is 2.55. The van der Waals surface area contributed by atoms with Crippen LogP contribution >= 0.6 is 0 Å². The average molecular weight is 425 g/mol. The molecule has 4 amide bonds. The van der Waals surface area contributed by atoms with Gasteiger partial charge in [-0.05, 0) is 68.4 Å². The number of hydrogen-bond acceptors (Lipinski definition) is 4. The Bertz CT molecular complexity index is 812. The van der Waals surface area contributed by atoms with Crippen molar-refractivity contribution >= 4 is 23.5 Å². The summed E-state index contributed by atoms with van der Waals surface area (Å²) in [4.78, 5) is 41.8. The number of carbonyl (C=O) groups is 3. The van der Waals surface area contributed by atoms with Crippen molar-refractivity contribution in [1.82, 2.24) is 15.1 Å². The average Bonchev–Trinajstić information content (AvgIpc) is 2.73.